The largest absolute Gasteiger partial charge is 0.479 e. The van der Waals surface area contributed by atoms with Gasteiger partial charge in [-0.15, -0.1) is 0 Å². The van der Waals surface area contributed by atoms with E-state index in [2.05, 4.69) is 11.8 Å². The molecule has 0 unspecified atom stereocenters. The fourth-order valence-electron chi connectivity index (χ4n) is 5.00. The molecule has 1 saturated carbocycles. The third-order valence-corrected chi connectivity index (χ3v) is 6.73. The Morgan fingerprint density at radius 1 is 1.23 bits per heavy atom. The van der Waals surface area contributed by atoms with E-state index in [4.69, 9.17) is 4.74 Å². The number of ether oxygens (including phenoxy) is 1. The lowest BCUT2D eigenvalue weighted by atomic mass is 9.80. The topological polar surface area (TPSA) is 49.8 Å². The van der Waals surface area contributed by atoms with Crippen LogP contribution in [-0.4, -0.2) is 47.3 Å². The molecule has 0 radical (unpaired) electrons. The summed E-state index contributed by atoms with van der Waals surface area (Å²) in [6.45, 7) is 4.76. The highest BCUT2D eigenvalue weighted by Gasteiger charge is 2.54. The van der Waals surface area contributed by atoms with Gasteiger partial charge in [0.05, 0.1) is 6.61 Å². The van der Waals surface area contributed by atoms with Crippen LogP contribution >= 0.6 is 0 Å². The first-order valence-electron chi connectivity index (χ1n) is 9.86. The molecule has 26 heavy (non-hydrogen) atoms. The van der Waals surface area contributed by atoms with Crippen LogP contribution < -0.4 is 0 Å². The molecule has 5 heteroatoms. The fraction of sp³-hybridized carbons (Fsp3) is 0.667. The molecule has 0 amide bonds. The molecule has 2 heterocycles. The molecular weight excluding hydrogens is 333 g/mol. The van der Waals surface area contributed by atoms with Crippen molar-refractivity contribution in [3.63, 3.8) is 0 Å². The summed E-state index contributed by atoms with van der Waals surface area (Å²) in [6.07, 6.45) is 4.55. The summed E-state index contributed by atoms with van der Waals surface area (Å²) >= 11 is 0. The number of carboxylic acid groups (broad SMARTS) is 1. The Kier molecular flexibility index (Phi) is 4.78. The van der Waals surface area contributed by atoms with E-state index in [1.165, 1.54) is 5.56 Å². The standard InChI is InChI=1S/C21H28FNO3/c1-14-12-23(11-9-19(14)15-2-6-17(22)7-3-15)18-8-10-21(20(24)25,26-13-18)16-4-5-16/h2-3,6-7,14,16,18-19H,4-5,8-13H2,1H3,(H,24,25)/t14-,18-,19-,21+/m1/s1. The molecule has 1 aromatic rings. The number of rotatable bonds is 4. The van der Waals surface area contributed by atoms with Gasteiger partial charge in [0.25, 0.3) is 0 Å². The number of halogens is 1. The molecule has 1 N–H and O–H groups in total. The van der Waals surface area contributed by atoms with Crippen molar-refractivity contribution in [2.24, 2.45) is 11.8 Å². The minimum Gasteiger partial charge on any atom is -0.479 e. The monoisotopic (exact) mass is 361 g/mol. The predicted octanol–water partition coefficient (Wildman–Crippen LogP) is 3.66. The van der Waals surface area contributed by atoms with Crippen molar-refractivity contribution in [2.75, 3.05) is 19.7 Å². The minimum atomic E-state index is -0.922. The van der Waals surface area contributed by atoms with Crippen molar-refractivity contribution >= 4 is 5.97 Å². The summed E-state index contributed by atoms with van der Waals surface area (Å²) in [5.74, 6) is 0.200. The number of carboxylic acids is 1. The SMILES string of the molecule is C[C@@H]1CN([C@@H]2CC[C@@](C(=O)O)(C3CC3)OC2)CC[C@H]1c1ccc(F)cc1. The first-order chi connectivity index (χ1) is 12.5. The predicted molar refractivity (Wildman–Crippen MR) is 96.6 cm³/mol. The molecule has 0 aromatic heterocycles. The normalized spacial score (nSPS) is 36.0. The highest BCUT2D eigenvalue weighted by molar-refractivity contribution is 5.78. The maximum atomic E-state index is 13.2. The van der Waals surface area contributed by atoms with Crippen molar-refractivity contribution in [2.45, 2.75) is 56.6 Å². The number of piperidine rings is 1. The zero-order valence-electron chi connectivity index (χ0n) is 15.4. The maximum Gasteiger partial charge on any atom is 0.336 e. The van der Waals surface area contributed by atoms with Crippen molar-refractivity contribution in [1.29, 1.82) is 0 Å². The van der Waals surface area contributed by atoms with Crippen LogP contribution in [0.1, 0.15) is 50.5 Å². The lowest BCUT2D eigenvalue weighted by Gasteiger charge is -2.45. The third kappa shape index (κ3) is 3.27. The first kappa shape index (κ1) is 17.9. The van der Waals surface area contributed by atoms with Gasteiger partial charge in [0.15, 0.2) is 5.60 Å². The Morgan fingerprint density at radius 2 is 1.96 bits per heavy atom. The molecule has 3 fully saturated rings. The van der Waals surface area contributed by atoms with Gasteiger partial charge in [0.2, 0.25) is 0 Å². The van der Waals surface area contributed by atoms with Gasteiger partial charge in [-0.05, 0) is 74.1 Å². The van der Waals surface area contributed by atoms with Gasteiger partial charge >= 0.3 is 5.97 Å². The number of likely N-dealkylation sites (tertiary alicyclic amines) is 1. The molecule has 3 aliphatic rings. The second-order valence-corrected chi connectivity index (χ2v) is 8.39. The Labute approximate surface area is 154 Å². The van der Waals surface area contributed by atoms with Crippen molar-refractivity contribution in [1.82, 2.24) is 4.90 Å². The summed E-state index contributed by atoms with van der Waals surface area (Å²) in [6, 6.07) is 7.23. The summed E-state index contributed by atoms with van der Waals surface area (Å²) in [4.78, 5) is 14.2. The second kappa shape index (κ2) is 6.93. The lowest BCUT2D eigenvalue weighted by Crippen LogP contribution is -2.55. The number of hydrogen-bond acceptors (Lipinski definition) is 3. The van der Waals surface area contributed by atoms with E-state index >= 15 is 0 Å². The van der Waals surface area contributed by atoms with Crippen LogP contribution in [0.3, 0.4) is 0 Å². The van der Waals surface area contributed by atoms with Gasteiger partial charge in [0, 0.05) is 12.6 Å². The molecular formula is C21H28FNO3. The summed E-state index contributed by atoms with van der Waals surface area (Å²) in [7, 11) is 0. The van der Waals surface area contributed by atoms with E-state index in [9.17, 15) is 14.3 Å². The van der Waals surface area contributed by atoms with Crippen molar-refractivity contribution in [3.05, 3.63) is 35.6 Å². The van der Waals surface area contributed by atoms with Gasteiger partial charge in [-0.1, -0.05) is 19.1 Å². The van der Waals surface area contributed by atoms with E-state index in [1.807, 2.05) is 12.1 Å². The highest BCUT2D eigenvalue weighted by Crippen LogP contribution is 2.47. The number of benzene rings is 1. The van der Waals surface area contributed by atoms with Crippen LogP contribution in [0.5, 0.6) is 0 Å². The number of carbonyl (C=O) groups is 1. The average molecular weight is 361 g/mol. The molecule has 142 valence electrons. The van der Waals surface area contributed by atoms with E-state index in [0.717, 1.165) is 38.8 Å². The van der Waals surface area contributed by atoms with Crippen LogP contribution in [-0.2, 0) is 9.53 Å². The molecule has 2 saturated heterocycles. The Bertz CT molecular complexity index is 650. The molecule has 4 rings (SSSR count). The van der Waals surface area contributed by atoms with Crippen molar-refractivity contribution < 1.29 is 19.0 Å². The fourth-order valence-corrected chi connectivity index (χ4v) is 5.00. The molecule has 1 aliphatic carbocycles. The molecule has 0 bridgehead atoms. The Morgan fingerprint density at radius 3 is 2.50 bits per heavy atom. The Balaban J connectivity index is 1.36. The molecule has 0 spiro atoms. The van der Waals surface area contributed by atoms with Crippen LogP contribution in [0.25, 0.3) is 0 Å². The maximum absolute atomic E-state index is 13.2. The molecule has 1 aromatic carbocycles. The average Bonchev–Trinajstić information content (AvgIpc) is 3.48. The third-order valence-electron chi connectivity index (χ3n) is 6.73. The minimum absolute atomic E-state index is 0.184. The zero-order valence-corrected chi connectivity index (χ0v) is 15.4. The molecule has 4 nitrogen and oxygen atoms in total. The smallest absolute Gasteiger partial charge is 0.336 e. The second-order valence-electron chi connectivity index (χ2n) is 8.39. The Hall–Kier alpha value is -1.46. The summed E-state index contributed by atoms with van der Waals surface area (Å²) < 4.78 is 19.2. The summed E-state index contributed by atoms with van der Waals surface area (Å²) in [5, 5.41) is 9.65. The van der Waals surface area contributed by atoms with Crippen molar-refractivity contribution in [3.8, 4) is 0 Å². The highest BCUT2D eigenvalue weighted by atomic mass is 19.1. The van der Waals surface area contributed by atoms with Gasteiger partial charge in [0.1, 0.15) is 5.82 Å². The van der Waals surface area contributed by atoms with E-state index in [1.54, 1.807) is 12.1 Å². The van der Waals surface area contributed by atoms with E-state index in [0.29, 0.717) is 30.9 Å². The first-order valence-corrected chi connectivity index (χ1v) is 9.86. The van der Waals surface area contributed by atoms with Crippen LogP contribution in [0.2, 0.25) is 0 Å². The van der Waals surface area contributed by atoms with Crippen LogP contribution in [0.15, 0.2) is 24.3 Å². The van der Waals surface area contributed by atoms with E-state index in [-0.39, 0.29) is 11.7 Å². The molecule has 2 aliphatic heterocycles. The van der Waals surface area contributed by atoms with Crippen LogP contribution in [0.4, 0.5) is 4.39 Å². The van der Waals surface area contributed by atoms with Gasteiger partial charge < -0.3 is 9.84 Å². The van der Waals surface area contributed by atoms with Gasteiger partial charge in [-0.25, -0.2) is 9.18 Å². The number of aliphatic carboxylic acids is 1. The number of hydrogen-bond donors (Lipinski definition) is 1. The van der Waals surface area contributed by atoms with Crippen LogP contribution in [0, 0.1) is 17.7 Å². The quantitative estimate of drug-likeness (QED) is 0.889. The lowest BCUT2D eigenvalue weighted by molar-refractivity contribution is -0.183. The van der Waals surface area contributed by atoms with Gasteiger partial charge in [-0.3, -0.25) is 4.90 Å². The number of nitrogens with zero attached hydrogens (tertiary/aromatic N) is 1. The molecule has 4 atom stereocenters. The van der Waals surface area contributed by atoms with E-state index < -0.39 is 11.6 Å². The van der Waals surface area contributed by atoms with Gasteiger partial charge in [-0.2, -0.15) is 0 Å². The zero-order chi connectivity index (χ0) is 18.3. The summed E-state index contributed by atoms with van der Waals surface area (Å²) in [5.41, 5.74) is 0.297.